The Bertz CT molecular complexity index is 484. The predicted octanol–water partition coefficient (Wildman–Crippen LogP) is 2.51. The molecule has 0 aromatic heterocycles. The number of methoxy groups -OCH3 is 2. The van der Waals surface area contributed by atoms with E-state index in [1.807, 2.05) is 6.07 Å². The first-order valence-electron chi connectivity index (χ1n) is 6.93. The topological polar surface area (TPSA) is 21.7 Å². The molecule has 3 rings (SSSR count). The van der Waals surface area contributed by atoms with E-state index in [4.69, 9.17) is 9.47 Å². The summed E-state index contributed by atoms with van der Waals surface area (Å²) in [5.41, 5.74) is 1.31. The molecule has 0 radical (unpaired) electrons. The van der Waals surface area contributed by atoms with Gasteiger partial charge in [-0.15, -0.1) is 0 Å². The van der Waals surface area contributed by atoms with E-state index in [-0.39, 0.29) is 0 Å². The maximum atomic E-state index is 5.35. The first kappa shape index (κ1) is 12.5. The minimum absolute atomic E-state index is 0.685. The maximum Gasteiger partial charge on any atom is 0.160 e. The maximum absolute atomic E-state index is 5.35. The highest BCUT2D eigenvalue weighted by Crippen LogP contribution is 2.32. The van der Waals surface area contributed by atoms with E-state index in [0.29, 0.717) is 6.04 Å². The van der Waals surface area contributed by atoms with Gasteiger partial charge in [0.25, 0.3) is 0 Å². The molecule has 19 heavy (non-hydrogen) atoms. The molecule has 2 bridgehead atoms. The number of hydrogen-bond donors (Lipinski definition) is 0. The van der Waals surface area contributed by atoms with Crippen LogP contribution in [0.15, 0.2) is 30.4 Å². The summed E-state index contributed by atoms with van der Waals surface area (Å²) in [6.45, 7) is 2.36. The molecule has 1 saturated heterocycles. The third-order valence-electron chi connectivity index (χ3n) is 4.22. The van der Waals surface area contributed by atoms with E-state index in [1.54, 1.807) is 14.2 Å². The Hall–Kier alpha value is -1.48. The van der Waals surface area contributed by atoms with Gasteiger partial charge in [0, 0.05) is 19.1 Å². The zero-order valence-corrected chi connectivity index (χ0v) is 11.6. The van der Waals surface area contributed by atoms with Gasteiger partial charge in [-0.3, -0.25) is 4.90 Å². The molecule has 1 aliphatic carbocycles. The van der Waals surface area contributed by atoms with E-state index in [1.165, 1.54) is 18.5 Å². The molecule has 1 fully saturated rings. The van der Waals surface area contributed by atoms with E-state index in [9.17, 15) is 0 Å². The van der Waals surface area contributed by atoms with Gasteiger partial charge in [0.2, 0.25) is 0 Å². The van der Waals surface area contributed by atoms with Crippen LogP contribution in [0, 0.1) is 5.92 Å². The normalized spacial score (nSPS) is 24.9. The number of nitrogens with zero attached hydrogens (tertiary/aromatic N) is 1. The number of ether oxygens (including phenoxy) is 2. The van der Waals surface area contributed by atoms with Crippen molar-refractivity contribution in [2.45, 2.75) is 18.9 Å². The fraction of sp³-hybridized carbons (Fsp3) is 0.500. The fourth-order valence-electron chi connectivity index (χ4n) is 3.16. The molecule has 1 aromatic carbocycles. The second-order valence-corrected chi connectivity index (χ2v) is 5.38. The van der Waals surface area contributed by atoms with E-state index in [0.717, 1.165) is 30.4 Å². The van der Waals surface area contributed by atoms with Crippen molar-refractivity contribution in [1.82, 2.24) is 4.90 Å². The SMILES string of the molecule is COc1ccc(CCN2CC3C=CC2C3)cc1OC. The Labute approximate surface area is 114 Å². The van der Waals surface area contributed by atoms with Crippen molar-refractivity contribution < 1.29 is 9.47 Å². The van der Waals surface area contributed by atoms with Gasteiger partial charge < -0.3 is 9.47 Å². The highest BCUT2D eigenvalue weighted by atomic mass is 16.5. The lowest BCUT2D eigenvalue weighted by Gasteiger charge is -2.23. The summed E-state index contributed by atoms with van der Waals surface area (Å²) in [5, 5.41) is 0. The van der Waals surface area contributed by atoms with Gasteiger partial charge in [-0.2, -0.15) is 0 Å². The van der Waals surface area contributed by atoms with Crippen molar-refractivity contribution in [1.29, 1.82) is 0 Å². The van der Waals surface area contributed by atoms with Crippen molar-refractivity contribution in [3.8, 4) is 11.5 Å². The lowest BCUT2D eigenvalue weighted by atomic mass is 10.1. The van der Waals surface area contributed by atoms with Crippen LogP contribution in [0.5, 0.6) is 11.5 Å². The van der Waals surface area contributed by atoms with Gasteiger partial charge in [-0.1, -0.05) is 18.2 Å². The van der Waals surface area contributed by atoms with Crippen molar-refractivity contribution in [3.05, 3.63) is 35.9 Å². The zero-order valence-electron chi connectivity index (χ0n) is 11.6. The minimum Gasteiger partial charge on any atom is -0.493 e. The second-order valence-electron chi connectivity index (χ2n) is 5.38. The largest absolute Gasteiger partial charge is 0.493 e. The summed E-state index contributed by atoms with van der Waals surface area (Å²) in [4.78, 5) is 2.58. The molecule has 102 valence electrons. The molecule has 0 saturated carbocycles. The third kappa shape index (κ3) is 2.47. The van der Waals surface area contributed by atoms with Crippen LogP contribution in [-0.4, -0.2) is 38.3 Å². The Morgan fingerprint density at radius 1 is 1.16 bits per heavy atom. The highest BCUT2D eigenvalue weighted by molar-refractivity contribution is 5.43. The van der Waals surface area contributed by atoms with Gasteiger partial charge in [-0.25, -0.2) is 0 Å². The molecule has 2 unspecified atom stereocenters. The van der Waals surface area contributed by atoms with Gasteiger partial charge in [-0.05, 0) is 36.5 Å². The average Bonchev–Trinajstić information content (AvgIpc) is 3.07. The monoisotopic (exact) mass is 259 g/mol. The van der Waals surface area contributed by atoms with Crippen molar-refractivity contribution >= 4 is 0 Å². The summed E-state index contributed by atoms with van der Waals surface area (Å²) in [6.07, 6.45) is 7.13. The summed E-state index contributed by atoms with van der Waals surface area (Å²) in [6, 6.07) is 6.89. The highest BCUT2D eigenvalue weighted by Gasteiger charge is 2.32. The fourth-order valence-corrected chi connectivity index (χ4v) is 3.16. The van der Waals surface area contributed by atoms with Gasteiger partial charge in [0.05, 0.1) is 14.2 Å². The second kappa shape index (κ2) is 5.25. The standard InChI is InChI=1S/C16H21NO2/c1-18-15-6-4-12(10-16(15)19-2)7-8-17-11-13-3-5-14(17)9-13/h3-6,10,13-14H,7-9,11H2,1-2H3. The Morgan fingerprint density at radius 2 is 2.00 bits per heavy atom. The lowest BCUT2D eigenvalue weighted by molar-refractivity contribution is 0.283. The molecule has 0 spiro atoms. The molecule has 3 heteroatoms. The minimum atomic E-state index is 0.685. The van der Waals surface area contributed by atoms with E-state index in [2.05, 4.69) is 29.2 Å². The first-order valence-corrected chi connectivity index (χ1v) is 6.93. The zero-order chi connectivity index (χ0) is 13.2. The van der Waals surface area contributed by atoms with Gasteiger partial charge >= 0.3 is 0 Å². The van der Waals surface area contributed by atoms with Crippen LogP contribution in [0.1, 0.15) is 12.0 Å². The predicted molar refractivity (Wildman–Crippen MR) is 75.9 cm³/mol. The molecule has 0 N–H and O–H groups in total. The van der Waals surface area contributed by atoms with Gasteiger partial charge in [0.1, 0.15) is 0 Å². The van der Waals surface area contributed by atoms with Crippen LogP contribution in [-0.2, 0) is 6.42 Å². The van der Waals surface area contributed by atoms with Crippen molar-refractivity contribution in [3.63, 3.8) is 0 Å². The van der Waals surface area contributed by atoms with Crippen molar-refractivity contribution in [2.75, 3.05) is 27.3 Å². The lowest BCUT2D eigenvalue weighted by Crippen LogP contribution is -2.31. The molecule has 2 aliphatic rings. The summed E-state index contributed by atoms with van der Waals surface area (Å²) in [7, 11) is 3.36. The number of hydrogen-bond acceptors (Lipinski definition) is 3. The molecule has 2 atom stereocenters. The first-order chi connectivity index (χ1) is 9.30. The molecule has 0 amide bonds. The van der Waals surface area contributed by atoms with E-state index < -0.39 is 0 Å². The summed E-state index contributed by atoms with van der Waals surface area (Å²) >= 11 is 0. The summed E-state index contributed by atoms with van der Waals surface area (Å²) < 4.78 is 10.6. The third-order valence-corrected chi connectivity index (χ3v) is 4.22. The summed E-state index contributed by atoms with van der Waals surface area (Å²) in [5.74, 6) is 2.42. The number of benzene rings is 1. The molecule has 1 aliphatic heterocycles. The molecule has 1 heterocycles. The molecule has 3 nitrogen and oxygen atoms in total. The number of fused-ring (bicyclic) bond motifs is 2. The van der Waals surface area contributed by atoms with Gasteiger partial charge in [0.15, 0.2) is 11.5 Å². The quantitative estimate of drug-likeness (QED) is 0.758. The smallest absolute Gasteiger partial charge is 0.160 e. The Kier molecular flexibility index (Phi) is 3.47. The average molecular weight is 259 g/mol. The van der Waals surface area contributed by atoms with Crippen LogP contribution >= 0.6 is 0 Å². The van der Waals surface area contributed by atoms with Crippen LogP contribution in [0.25, 0.3) is 0 Å². The van der Waals surface area contributed by atoms with Crippen LogP contribution < -0.4 is 9.47 Å². The Balaban J connectivity index is 1.62. The van der Waals surface area contributed by atoms with Crippen molar-refractivity contribution in [2.24, 2.45) is 5.92 Å². The molecule has 1 aromatic rings. The molecular formula is C16H21NO2. The van der Waals surface area contributed by atoms with Crippen LogP contribution in [0.3, 0.4) is 0 Å². The molecular weight excluding hydrogens is 238 g/mol. The van der Waals surface area contributed by atoms with E-state index >= 15 is 0 Å². The van der Waals surface area contributed by atoms with Crippen LogP contribution in [0.2, 0.25) is 0 Å². The Morgan fingerprint density at radius 3 is 2.63 bits per heavy atom. The van der Waals surface area contributed by atoms with Crippen LogP contribution in [0.4, 0.5) is 0 Å². The number of likely N-dealkylation sites (tertiary alicyclic amines) is 1. The number of rotatable bonds is 5.